The highest BCUT2D eigenvalue weighted by atomic mass is 32.2. The molecular weight excluding hydrogens is 416 g/mol. The van der Waals surface area contributed by atoms with E-state index in [1.54, 1.807) is 17.0 Å². The number of aryl methyl sites for hydroxylation is 1. The van der Waals surface area contributed by atoms with Crippen molar-refractivity contribution in [1.82, 2.24) is 9.80 Å². The highest BCUT2D eigenvalue weighted by molar-refractivity contribution is 7.91. The van der Waals surface area contributed by atoms with Crippen molar-refractivity contribution in [1.29, 1.82) is 0 Å². The highest BCUT2D eigenvalue weighted by Gasteiger charge is 2.25. The van der Waals surface area contributed by atoms with Crippen LogP contribution < -0.4 is 0 Å². The molecule has 1 aliphatic heterocycles. The molecule has 0 spiro atoms. The van der Waals surface area contributed by atoms with Crippen molar-refractivity contribution in [2.24, 2.45) is 0 Å². The first kappa shape index (κ1) is 23.0. The third-order valence-electron chi connectivity index (χ3n) is 5.36. The van der Waals surface area contributed by atoms with Crippen LogP contribution in [0.15, 0.2) is 53.4 Å². The van der Waals surface area contributed by atoms with Crippen LogP contribution in [0.5, 0.6) is 0 Å². The zero-order chi connectivity index (χ0) is 22.4. The first-order valence-corrected chi connectivity index (χ1v) is 12.0. The van der Waals surface area contributed by atoms with Gasteiger partial charge in [0.05, 0.1) is 16.2 Å². The second-order valence-electron chi connectivity index (χ2n) is 7.62. The Labute approximate surface area is 183 Å². The van der Waals surface area contributed by atoms with E-state index in [-0.39, 0.29) is 22.1 Å². The number of hydrogen-bond donors (Lipinski definition) is 0. The lowest BCUT2D eigenvalue weighted by atomic mass is 10.1. The molecule has 0 unspecified atom stereocenters. The summed E-state index contributed by atoms with van der Waals surface area (Å²) >= 11 is 0. The van der Waals surface area contributed by atoms with Crippen LogP contribution in [0.2, 0.25) is 0 Å². The largest absolute Gasteiger partial charge is 0.452 e. The van der Waals surface area contributed by atoms with E-state index in [0.717, 1.165) is 19.6 Å². The number of benzene rings is 2. The molecule has 1 saturated heterocycles. The first-order valence-electron chi connectivity index (χ1n) is 10.3. The van der Waals surface area contributed by atoms with Crippen LogP contribution in [0, 0.1) is 6.92 Å². The van der Waals surface area contributed by atoms with Crippen molar-refractivity contribution < 1.29 is 22.7 Å². The van der Waals surface area contributed by atoms with Crippen molar-refractivity contribution in [2.75, 3.05) is 38.5 Å². The predicted octanol–water partition coefficient (Wildman–Crippen LogP) is 2.29. The van der Waals surface area contributed by atoms with Crippen LogP contribution in [0.3, 0.4) is 0 Å². The maximum Gasteiger partial charge on any atom is 0.339 e. The molecule has 0 atom stereocenters. The quantitative estimate of drug-likeness (QED) is 0.610. The van der Waals surface area contributed by atoms with Gasteiger partial charge in [-0.1, -0.05) is 48.9 Å². The minimum absolute atomic E-state index is 0.0416. The molecule has 7 nitrogen and oxygen atoms in total. The third-order valence-corrected chi connectivity index (χ3v) is 7.15. The lowest BCUT2D eigenvalue weighted by Gasteiger charge is -2.34. The average molecular weight is 445 g/mol. The number of amides is 1. The molecule has 2 aromatic carbocycles. The Hall–Kier alpha value is -2.71. The lowest BCUT2D eigenvalue weighted by Crippen LogP contribution is -2.49. The number of ether oxygens (including phenoxy) is 1. The molecule has 3 rings (SSSR count). The molecule has 1 aliphatic rings. The third kappa shape index (κ3) is 5.92. The van der Waals surface area contributed by atoms with Gasteiger partial charge >= 0.3 is 5.97 Å². The Morgan fingerprint density at radius 2 is 1.71 bits per heavy atom. The van der Waals surface area contributed by atoms with Crippen molar-refractivity contribution in [3.63, 3.8) is 0 Å². The monoisotopic (exact) mass is 444 g/mol. The Kier molecular flexibility index (Phi) is 7.46. The van der Waals surface area contributed by atoms with Gasteiger partial charge in [0.15, 0.2) is 16.4 Å². The summed E-state index contributed by atoms with van der Waals surface area (Å²) < 4.78 is 29.6. The molecule has 0 bridgehead atoms. The van der Waals surface area contributed by atoms with Gasteiger partial charge < -0.3 is 9.64 Å². The molecule has 0 N–H and O–H groups in total. The molecule has 2 aromatic rings. The van der Waals surface area contributed by atoms with Gasteiger partial charge in [-0.25, -0.2) is 13.2 Å². The Balaban J connectivity index is 1.51. The fraction of sp³-hybridized carbons (Fsp3) is 0.391. The van der Waals surface area contributed by atoms with E-state index < -0.39 is 22.4 Å². The van der Waals surface area contributed by atoms with Crippen molar-refractivity contribution in [3.8, 4) is 0 Å². The van der Waals surface area contributed by atoms with Crippen molar-refractivity contribution in [2.45, 2.75) is 25.3 Å². The summed E-state index contributed by atoms with van der Waals surface area (Å²) in [5, 5.41) is 0. The Morgan fingerprint density at radius 1 is 1.00 bits per heavy atom. The van der Waals surface area contributed by atoms with Crippen LogP contribution in [-0.4, -0.2) is 68.6 Å². The molecule has 166 valence electrons. The fourth-order valence-electron chi connectivity index (χ4n) is 3.58. The van der Waals surface area contributed by atoms with E-state index in [2.05, 4.69) is 30.0 Å². The first-order chi connectivity index (χ1) is 14.8. The van der Waals surface area contributed by atoms with Crippen LogP contribution >= 0.6 is 0 Å². The molecule has 8 heteroatoms. The van der Waals surface area contributed by atoms with Crippen LogP contribution in [0.25, 0.3) is 0 Å². The van der Waals surface area contributed by atoms with Gasteiger partial charge in [0.25, 0.3) is 5.91 Å². The molecular formula is C23H28N2O5S. The number of sulfone groups is 1. The van der Waals surface area contributed by atoms with E-state index >= 15 is 0 Å². The summed E-state index contributed by atoms with van der Waals surface area (Å²) in [5.41, 5.74) is 2.43. The maximum absolute atomic E-state index is 12.5. The van der Waals surface area contributed by atoms with E-state index in [1.807, 2.05) is 6.07 Å². The minimum Gasteiger partial charge on any atom is -0.452 e. The van der Waals surface area contributed by atoms with Gasteiger partial charge in [0.2, 0.25) is 0 Å². The molecule has 1 amide bonds. The molecule has 0 aromatic heterocycles. The molecule has 31 heavy (non-hydrogen) atoms. The summed E-state index contributed by atoms with van der Waals surface area (Å²) in [6.07, 6.45) is 0. The number of piperazine rings is 1. The van der Waals surface area contributed by atoms with E-state index in [1.165, 1.54) is 30.2 Å². The number of carbonyl (C=O) groups excluding carboxylic acids is 2. The molecule has 0 aliphatic carbocycles. The van der Waals surface area contributed by atoms with Crippen LogP contribution in [0.4, 0.5) is 0 Å². The highest BCUT2D eigenvalue weighted by Crippen LogP contribution is 2.18. The van der Waals surface area contributed by atoms with Gasteiger partial charge in [-0.3, -0.25) is 9.69 Å². The zero-order valence-electron chi connectivity index (χ0n) is 17.9. The predicted molar refractivity (Wildman–Crippen MR) is 117 cm³/mol. The zero-order valence-corrected chi connectivity index (χ0v) is 18.7. The average Bonchev–Trinajstić information content (AvgIpc) is 2.77. The number of esters is 1. The normalized spacial score (nSPS) is 15.0. The summed E-state index contributed by atoms with van der Waals surface area (Å²) in [6.45, 7) is 6.61. The number of rotatable bonds is 7. The fourth-order valence-corrected chi connectivity index (χ4v) is 4.67. The lowest BCUT2D eigenvalue weighted by molar-refractivity contribution is -0.136. The summed E-state index contributed by atoms with van der Waals surface area (Å²) in [7, 11) is -3.57. The Morgan fingerprint density at radius 3 is 2.39 bits per heavy atom. The van der Waals surface area contributed by atoms with E-state index in [4.69, 9.17) is 4.74 Å². The summed E-state index contributed by atoms with van der Waals surface area (Å²) in [6, 6.07) is 14.3. The summed E-state index contributed by atoms with van der Waals surface area (Å²) in [5.74, 6) is -1.21. The van der Waals surface area contributed by atoms with Crippen molar-refractivity contribution in [3.05, 3.63) is 65.2 Å². The van der Waals surface area contributed by atoms with Gasteiger partial charge in [-0.15, -0.1) is 0 Å². The number of carbonyl (C=O) groups is 2. The SMILES string of the molecule is CCS(=O)(=O)c1ccccc1C(=O)OCC(=O)N1CCN(Cc2cccc(C)c2)CC1. The number of nitrogens with zero attached hydrogens (tertiary/aromatic N) is 2. The van der Waals surface area contributed by atoms with Gasteiger partial charge in [-0.05, 0) is 24.6 Å². The van der Waals surface area contributed by atoms with Crippen LogP contribution in [0.1, 0.15) is 28.4 Å². The van der Waals surface area contributed by atoms with Gasteiger partial charge in [-0.2, -0.15) is 0 Å². The minimum atomic E-state index is -3.57. The summed E-state index contributed by atoms with van der Waals surface area (Å²) in [4.78, 5) is 28.8. The second-order valence-corrected chi connectivity index (χ2v) is 9.87. The van der Waals surface area contributed by atoms with Gasteiger partial charge in [0, 0.05) is 32.7 Å². The molecule has 1 fully saturated rings. The van der Waals surface area contributed by atoms with Crippen LogP contribution in [-0.2, 0) is 25.9 Å². The number of hydrogen-bond acceptors (Lipinski definition) is 6. The topological polar surface area (TPSA) is 84.0 Å². The Bertz CT molecular complexity index is 1040. The molecule has 0 saturated carbocycles. The van der Waals surface area contributed by atoms with Gasteiger partial charge in [0.1, 0.15) is 0 Å². The molecule has 1 heterocycles. The van der Waals surface area contributed by atoms with E-state index in [0.29, 0.717) is 13.1 Å². The van der Waals surface area contributed by atoms with Crippen molar-refractivity contribution >= 4 is 21.7 Å². The maximum atomic E-state index is 12.5. The second kappa shape index (κ2) is 10.1. The smallest absolute Gasteiger partial charge is 0.339 e. The molecule has 0 radical (unpaired) electrons. The standard InChI is InChI=1S/C23H28N2O5S/c1-3-31(28,29)21-10-5-4-9-20(21)23(27)30-17-22(26)25-13-11-24(12-14-25)16-19-8-6-7-18(2)15-19/h4-10,15H,3,11-14,16-17H2,1-2H3. The van der Waals surface area contributed by atoms with E-state index in [9.17, 15) is 18.0 Å².